The Morgan fingerprint density at radius 3 is 2.53 bits per heavy atom. The second-order valence-electron chi connectivity index (χ2n) is 3.16. The highest BCUT2D eigenvalue weighted by molar-refractivity contribution is 7.51. The van der Waals surface area contributed by atoms with Gasteiger partial charge in [-0.15, -0.1) is 0 Å². The Morgan fingerprint density at radius 1 is 1.24 bits per heavy atom. The van der Waals surface area contributed by atoms with E-state index in [1.807, 2.05) is 0 Å². The van der Waals surface area contributed by atoms with E-state index in [1.54, 1.807) is 0 Å². The molecular formula is C8H18NO7P. The molecule has 0 saturated heterocycles. The molecule has 0 aliphatic carbocycles. The van der Waals surface area contributed by atoms with E-state index in [9.17, 15) is 9.36 Å². The van der Waals surface area contributed by atoms with Crippen LogP contribution in [0.25, 0.3) is 0 Å². The van der Waals surface area contributed by atoms with Crippen molar-refractivity contribution in [3.63, 3.8) is 0 Å². The van der Waals surface area contributed by atoms with Crippen LogP contribution >= 0.6 is 7.60 Å². The Hall–Kier alpha value is -0.500. The van der Waals surface area contributed by atoms with Crippen LogP contribution in [-0.4, -0.2) is 60.1 Å². The van der Waals surface area contributed by atoms with E-state index in [0.717, 1.165) is 0 Å². The third-order valence-corrected chi connectivity index (χ3v) is 2.15. The Labute approximate surface area is 99.1 Å². The summed E-state index contributed by atoms with van der Waals surface area (Å²) >= 11 is 0. The van der Waals surface area contributed by atoms with Crippen molar-refractivity contribution in [1.29, 1.82) is 0 Å². The number of carbonyl (C=O) groups excluding carboxylic acids is 1. The van der Waals surface area contributed by atoms with Crippen LogP contribution in [0.5, 0.6) is 0 Å². The maximum absolute atomic E-state index is 11.0. The Kier molecular flexibility index (Phi) is 9.24. The number of aliphatic hydroxyl groups is 1. The molecule has 0 fully saturated rings. The van der Waals surface area contributed by atoms with Crippen LogP contribution in [0.3, 0.4) is 0 Å². The number of esters is 1. The number of hydrogen-bond donors (Lipinski definition) is 4. The summed E-state index contributed by atoms with van der Waals surface area (Å²) in [6.45, 7) is 0.498. The predicted octanol–water partition coefficient (Wildman–Crippen LogP) is -1.35. The summed E-state index contributed by atoms with van der Waals surface area (Å²) in [6.07, 6.45) is -0.0497. The van der Waals surface area contributed by atoms with Crippen LogP contribution in [0.2, 0.25) is 0 Å². The van der Waals surface area contributed by atoms with E-state index in [1.165, 1.54) is 0 Å². The molecule has 0 spiro atoms. The highest BCUT2D eigenvalue weighted by Gasteiger charge is 2.12. The maximum atomic E-state index is 11.0. The van der Waals surface area contributed by atoms with Crippen molar-refractivity contribution >= 4 is 13.6 Å². The summed E-state index contributed by atoms with van der Waals surface area (Å²) < 4.78 is 20.1. The molecule has 4 N–H and O–H groups in total. The first kappa shape index (κ1) is 16.5. The molecule has 9 heteroatoms. The molecule has 0 aliphatic heterocycles. The van der Waals surface area contributed by atoms with E-state index >= 15 is 0 Å². The van der Waals surface area contributed by atoms with Crippen molar-refractivity contribution in [1.82, 2.24) is 5.32 Å². The summed E-state index contributed by atoms with van der Waals surface area (Å²) in [4.78, 5) is 28.0. The van der Waals surface area contributed by atoms with E-state index in [0.29, 0.717) is 13.0 Å². The largest absolute Gasteiger partial charge is 0.465 e. The summed E-state index contributed by atoms with van der Waals surface area (Å²) in [6, 6.07) is 0. The van der Waals surface area contributed by atoms with Crippen molar-refractivity contribution in [3.05, 3.63) is 0 Å². The molecular weight excluding hydrogens is 253 g/mol. The summed E-state index contributed by atoms with van der Waals surface area (Å²) in [5.74, 6) is -0.583. The second-order valence-corrected chi connectivity index (χ2v) is 4.81. The lowest BCUT2D eigenvalue weighted by Gasteiger charge is -2.07. The molecule has 0 bridgehead atoms. The normalized spacial score (nSPS) is 11.5. The Bertz CT molecular complexity index is 254. The van der Waals surface area contributed by atoms with Gasteiger partial charge >= 0.3 is 13.6 Å². The van der Waals surface area contributed by atoms with Crippen molar-refractivity contribution < 1.29 is 33.7 Å². The fraction of sp³-hybridized carbons (Fsp3) is 0.875. The van der Waals surface area contributed by atoms with Crippen molar-refractivity contribution in [2.45, 2.75) is 6.42 Å². The van der Waals surface area contributed by atoms with Crippen molar-refractivity contribution in [3.8, 4) is 0 Å². The molecule has 0 amide bonds. The zero-order valence-corrected chi connectivity index (χ0v) is 10.3. The van der Waals surface area contributed by atoms with Crippen LogP contribution in [0.1, 0.15) is 6.42 Å². The minimum absolute atomic E-state index is 0.0495. The SMILES string of the molecule is O=C(CNCP(=O)(O)O)OCCCOCCO. The van der Waals surface area contributed by atoms with Crippen LogP contribution in [0.4, 0.5) is 0 Å². The van der Waals surface area contributed by atoms with Crippen molar-refractivity contribution in [2.24, 2.45) is 0 Å². The van der Waals surface area contributed by atoms with E-state index in [4.69, 9.17) is 24.4 Å². The van der Waals surface area contributed by atoms with Crippen LogP contribution in [0, 0.1) is 0 Å². The van der Waals surface area contributed by atoms with Gasteiger partial charge in [-0.2, -0.15) is 0 Å². The molecule has 0 aromatic rings. The van der Waals surface area contributed by atoms with Gasteiger partial charge in [-0.25, -0.2) is 0 Å². The number of aliphatic hydroxyl groups excluding tert-OH is 1. The first-order valence-electron chi connectivity index (χ1n) is 5.05. The minimum Gasteiger partial charge on any atom is -0.465 e. The van der Waals surface area contributed by atoms with Gasteiger partial charge in [-0.05, 0) is 0 Å². The smallest absolute Gasteiger partial charge is 0.339 e. The van der Waals surface area contributed by atoms with Gasteiger partial charge in [0.15, 0.2) is 0 Å². The number of carbonyl (C=O) groups is 1. The third-order valence-electron chi connectivity index (χ3n) is 1.52. The molecule has 0 saturated carbocycles. The fourth-order valence-corrected chi connectivity index (χ4v) is 1.27. The number of nitrogens with one attached hydrogen (secondary N) is 1. The molecule has 17 heavy (non-hydrogen) atoms. The molecule has 0 aliphatic rings. The quantitative estimate of drug-likeness (QED) is 0.218. The molecule has 0 rings (SSSR count). The zero-order chi connectivity index (χ0) is 13.1. The summed E-state index contributed by atoms with van der Waals surface area (Å²) in [7, 11) is -4.13. The number of rotatable bonds is 10. The standard InChI is InChI=1S/C8H18NO7P/c10-2-5-15-3-1-4-16-8(11)6-9-7-17(12,13)14/h9-10H,1-7H2,(H2,12,13,14). The molecule has 0 aromatic carbocycles. The molecule has 0 radical (unpaired) electrons. The first-order chi connectivity index (χ1) is 7.95. The maximum Gasteiger partial charge on any atom is 0.339 e. The van der Waals surface area contributed by atoms with Crippen LogP contribution < -0.4 is 5.32 Å². The zero-order valence-electron chi connectivity index (χ0n) is 9.37. The summed E-state index contributed by atoms with van der Waals surface area (Å²) in [5.41, 5.74) is 0. The van der Waals surface area contributed by atoms with Gasteiger partial charge < -0.3 is 24.4 Å². The highest BCUT2D eigenvalue weighted by Crippen LogP contribution is 2.31. The van der Waals surface area contributed by atoms with Gasteiger partial charge in [-0.3, -0.25) is 14.7 Å². The van der Waals surface area contributed by atoms with Gasteiger partial charge in [0.1, 0.15) is 0 Å². The lowest BCUT2D eigenvalue weighted by atomic mass is 10.5. The lowest BCUT2D eigenvalue weighted by Crippen LogP contribution is -2.26. The van der Waals surface area contributed by atoms with Crippen LogP contribution in [-0.2, 0) is 18.8 Å². The monoisotopic (exact) mass is 271 g/mol. The highest BCUT2D eigenvalue weighted by atomic mass is 31.2. The Morgan fingerprint density at radius 2 is 1.94 bits per heavy atom. The summed E-state index contributed by atoms with van der Waals surface area (Å²) in [5, 5.41) is 10.7. The van der Waals surface area contributed by atoms with Gasteiger partial charge in [0, 0.05) is 13.0 Å². The van der Waals surface area contributed by atoms with Gasteiger partial charge in [-0.1, -0.05) is 0 Å². The molecule has 8 nitrogen and oxygen atoms in total. The van der Waals surface area contributed by atoms with E-state index in [-0.39, 0.29) is 26.4 Å². The van der Waals surface area contributed by atoms with Crippen LogP contribution in [0.15, 0.2) is 0 Å². The van der Waals surface area contributed by atoms with E-state index < -0.39 is 19.9 Å². The number of ether oxygens (including phenoxy) is 2. The average Bonchev–Trinajstić information content (AvgIpc) is 2.21. The molecule has 0 atom stereocenters. The van der Waals surface area contributed by atoms with Crippen molar-refractivity contribution in [2.75, 3.05) is 39.3 Å². The van der Waals surface area contributed by atoms with E-state index in [2.05, 4.69) is 5.32 Å². The Balaban J connectivity index is 3.32. The van der Waals surface area contributed by atoms with Gasteiger partial charge in [0.05, 0.1) is 32.7 Å². The van der Waals surface area contributed by atoms with Gasteiger partial charge in [0.2, 0.25) is 0 Å². The minimum atomic E-state index is -4.13. The fourth-order valence-electron chi connectivity index (χ4n) is 0.868. The number of hydrogen-bond acceptors (Lipinski definition) is 6. The topological polar surface area (TPSA) is 125 Å². The second kappa shape index (κ2) is 9.52. The average molecular weight is 271 g/mol. The molecule has 0 heterocycles. The lowest BCUT2D eigenvalue weighted by molar-refractivity contribution is -0.142. The third kappa shape index (κ3) is 13.4. The van der Waals surface area contributed by atoms with Gasteiger partial charge in [0.25, 0.3) is 0 Å². The molecule has 0 unspecified atom stereocenters. The predicted molar refractivity (Wildman–Crippen MR) is 58.4 cm³/mol. The molecule has 102 valence electrons. The first-order valence-corrected chi connectivity index (χ1v) is 6.85. The molecule has 0 aromatic heterocycles.